The molecule has 0 aromatic rings. The van der Waals surface area contributed by atoms with Crippen LogP contribution in [0.4, 0.5) is 0 Å². The molecule has 7 heavy (non-hydrogen) atoms. The van der Waals surface area contributed by atoms with Crippen molar-refractivity contribution in [3.63, 3.8) is 0 Å². The quantitative estimate of drug-likeness (QED) is 0.408. The first-order valence-corrected chi connectivity index (χ1v) is 3.52. The summed E-state index contributed by atoms with van der Waals surface area (Å²) in [6.07, 6.45) is 3.24. The second kappa shape index (κ2) is 6.21. The molecule has 0 aliphatic heterocycles. The summed E-state index contributed by atoms with van der Waals surface area (Å²) in [6.45, 7) is 2.12. The van der Waals surface area contributed by atoms with E-state index >= 15 is 0 Å². The average Bonchev–Trinajstić information content (AvgIpc) is 1.69. The van der Waals surface area contributed by atoms with Crippen molar-refractivity contribution < 1.29 is 4.70 Å². The van der Waals surface area contributed by atoms with E-state index in [9.17, 15) is 4.70 Å². The van der Waals surface area contributed by atoms with Crippen LogP contribution in [0.15, 0.2) is 0 Å². The molecule has 0 saturated heterocycles. The first-order chi connectivity index (χ1) is 3.41. The van der Waals surface area contributed by atoms with Crippen LogP contribution in [0.5, 0.6) is 0 Å². The normalized spacial score (nSPS) is 8.14. The van der Waals surface area contributed by atoms with E-state index in [1.807, 2.05) is 0 Å². The summed E-state index contributed by atoms with van der Waals surface area (Å²) in [7, 11) is 0. The van der Waals surface area contributed by atoms with E-state index in [1.165, 1.54) is 18.0 Å². The Hall–Kier alpha value is 0.215. The zero-order valence-electron chi connectivity index (χ0n) is 4.52. The van der Waals surface area contributed by atoms with Crippen molar-refractivity contribution in [2.24, 2.45) is 0 Å². The number of hydrogen-bond donors (Lipinski definition) is 0. The Morgan fingerprint density at radius 3 is 2.86 bits per heavy atom. The molecule has 40 valence electrons. The Morgan fingerprint density at radius 2 is 2.43 bits per heavy atom. The maximum atomic E-state index is 9.64. The molecule has 0 aromatic heterocycles. The van der Waals surface area contributed by atoms with Crippen LogP contribution in [0.1, 0.15) is 19.8 Å². The molecule has 0 N–H and O–H groups in total. The molecule has 0 amide bonds. The van der Waals surface area contributed by atoms with Crippen LogP contribution in [-0.2, 0) is 4.70 Å². The molecule has 0 aromatic carbocycles. The van der Waals surface area contributed by atoms with Crippen LogP contribution in [-0.4, -0.2) is 12.2 Å². The van der Waals surface area contributed by atoms with Gasteiger partial charge in [-0.1, -0.05) is 0 Å². The minimum absolute atomic E-state index is 0.898. The molecule has 0 heterocycles. The fourth-order valence-electron chi connectivity index (χ4n) is 0.276. The van der Waals surface area contributed by atoms with Gasteiger partial charge >= 0.3 is 48.3 Å². The van der Waals surface area contributed by atoms with Gasteiger partial charge in [-0.05, 0) is 0 Å². The Balaban J connectivity index is 2.56. The summed E-state index contributed by atoms with van der Waals surface area (Å²) >= 11 is 1.35. The summed E-state index contributed by atoms with van der Waals surface area (Å²) in [5, 5.41) is 0. The molecule has 0 unspecified atom stereocenters. The van der Waals surface area contributed by atoms with Crippen molar-refractivity contribution in [2.75, 3.05) is 5.75 Å². The van der Waals surface area contributed by atoms with Crippen LogP contribution < -0.4 is 0 Å². The standard InChI is InChI=1S/C4H9BOS/c1-2-3-4-7-5-6/h2-4H2,1H3. The fraction of sp³-hybridized carbons (Fsp3) is 1.00. The van der Waals surface area contributed by atoms with Crippen LogP contribution in [0, 0.1) is 0 Å². The SMILES string of the molecule is CCCCSB=O. The molecular formula is C4H9BOS. The van der Waals surface area contributed by atoms with Gasteiger partial charge in [0.25, 0.3) is 0 Å². The third kappa shape index (κ3) is 6.21. The minimum atomic E-state index is 0.898. The van der Waals surface area contributed by atoms with Crippen molar-refractivity contribution in [3.05, 3.63) is 0 Å². The van der Waals surface area contributed by atoms with E-state index in [0.29, 0.717) is 0 Å². The summed E-state index contributed by atoms with van der Waals surface area (Å²) < 4.78 is 9.64. The van der Waals surface area contributed by atoms with Crippen LogP contribution in [0.3, 0.4) is 0 Å². The fourth-order valence-corrected chi connectivity index (χ4v) is 0.827. The van der Waals surface area contributed by atoms with Crippen molar-refractivity contribution in [1.29, 1.82) is 0 Å². The van der Waals surface area contributed by atoms with Gasteiger partial charge in [-0.3, -0.25) is 0 Å². The van der Waals surface area contributed by atoms with Gasteiger partial charge in [0.1, 0.15) is 0 Å². The van der Waals surface area contributed by atoms with Gasteiger partial charge in [-0.25, -0.2) is 0 Å². The van der Waals surface area contributed by atoms with Crippen LogP contribution >= 0.6 is 11.6 Å². The molecule has 0 fully saturated rings. The first-order valence-electron chi connectivity index (χ1n) is 2.47. The topological polar surface area (TPSA) is 17.1 Å². The van der Waals surface area contributed by atoms with Gasteiger partial charge < -0.3 is 0 Å². The number of rotatable bonds is 4. The maximum absolute atomic E-state index is 9.64. The zero-order valence-corrected chi connectivity index (χ0v) is 5.33. The van der Waals surface area contributed by atoms with E-state index in [1.54, 1.807) is 0 Å². The van der Waals surface area contributed by atoms with Crippen LogP contribution in [0.25, 0.3) is 0 Å². The summed E-state index contributed by atoms with van der Waals surface area (Å²) in [6, 6.07) is 0. The van der Waals surface area contributed by atoms with E-state index in [0.717, 1.165) is 18.6 Å². The number of unbranched alkanes of at least 4 members (excludes halogenated alkanes) is 1. The average molecular weight is 116 g/mol. The molecule has 0 aliphatic rings. The van der Waals surface area contributed by atoms with Gasteiger partial charge in [0.15, 0.2) is 0 Å². The predicted octanol–water partition coefficient (Wildman–Crippen LogP) is 1.48. The Morgan fingerprint density at radius 1 is 1.71 bits per heavy atom. The third-order valence-corrected chi connectivity index (χ3v) is 1.34. The molecule has 0 atom stereocenters. The molecule has 0 aliphatic carbocycles. The van der Waals surface area contributed by atoms with E-state index in [4.69, 9.17) is 0 Å². The first kappa shape index (κ1) is 7.21. The third-order valence-electron chi connectivity index (χ3n) is 0.684. The molecule has 0 saturated carbocycles. The monoisotopic (exact) mass is 116 g/mol. The van der Waals surface area contributed by atoms with Gasteiger partial charge in [0.2, 0.25) is 0 Å². The van der Waals surface area contributed by atoms with E-state index < -0.39 is 0 Å². The summed E-state index contributed by atoms with van der Waals surface area (Å²) in [5.41, 5.74) is 0. The van der Waals surface area contributed by atoms with Gasteiger partial charge in [0, 0.05) is 0 Å². The molecule has 3 heteroatoms. The molecular weight excluding hydrogens is 107 g/mol. The van der Waals surface area contributed by atoms with Crippen molar-refractivity contribution in [2.45, 2.75) is 19.8 Å². The molecule has 1 nitrogen and oxygen atoms in total. The summed E-state index contributed by atoms with van der Waals surface area (Å²) in [5.74, 6) is 0.986. The van der Waals surface area contributed by atoms with Crippen LogP contribution in [0.2, 0.25) is 0 Å². The van der Waals surface area contributed by atoms with Crippen molar-refractivity contribution in [3.8, 4) is 0 Å². The molecule has 0 rings (SSSR count). The van der Waals surface area contributed by atoms with Gasteiger partial charge in [0.05, 0.1) is 0 Å². The van der Waals surface area contributed by atoms with Gasteiger partial charge in [-0.2, -0.15) is 0 Å². The van der Waals surface area contributed by atoms with Gasteiger partial charge in [-0.15, -0.1) is 0 Å². The zero-order chi connectivity index (χ0) is 5.54. The Kier molecular flexibility index (Phi) is 6.41. The Labute approximate surface area is 49.0 Å². The summed E-state index contributed by atoms with van der Waals surface area (Å²) in [4.78, 5) is 0. The second-order valence-corrected chi connectivity index (χ2v) is 2.25. The van der Waals surface area contributed by atoms with Crippen molar-refractivity contribution >= 4 is 18.0 Å². The Bertz CT molecular complexity index is 49.0. The van der Waals surface area contributed by atoms with E-state index in [-0.39, 0.29) is 0 Å². The number of hydrogen-bond acceptors (Lipinski definition) is 2. The predicted molar refractivity (Wildman–Crippen MR) is 33.8 cm³/mol. The van der Waals surface area contributed by atoms with E-state index in [2.05, 4.69) is 6.92 Å². The second-order valence-electron chi connectivity index (χ2n) is 1.32. The molecule has 0 spiro atoms. The van der Waals surface area contributed by atoms with Crippen molar-refractivity contribution in [1.82, 2.24) is 0 Å². The molecule has 0 radical (unpaired) electrons. The molecule has 0 bridgehead atoms.